The molecule has 2 aromatic rings. The van der Waals surface area contributed by atoms with Gasteiger partial charge >= 0.3 is 6.18 Å². The predicted molar refractivity (Wildman–Crippen MR) is 205 cm³/mol. The van der Waals surface area contributed by atoms with Crippen molar-refractivity contribution < 1.29 is 31.9 Å². The SMILES string of the molecule is CC(C)[Si](C#Cc1nc(C(=O)N(c2cc(OCCO[Si](C)(C)C(C)(C)C)cc(C(F)(F)F)c2)C2CCN(C3CCC3)C2=O)cs1)(C(C)C)C(C)C. The highest BCUT2D eigenvalue weighted by molar-refractivity contribution is 7.10. The van der Waals surface area contributed by atoms with Crippen LogP contribution in [0.5, 0.6) is 5.75 Å². The lowest BCUT2D eigenvalue weighted by atomic mass is 9.92. The van der Waals surface area contributed by atoms with Crippen molar-refractivity contribution in [3.63, 3.8) is 0 Å². The van der Waals surface area contributed by atoms with Gasteiger partial charge < -0.3 is 14.1 Å². The third kappa shape index (κ3) is 8.94. The molecule has 2 fully saturated rings. The summed E-state index contributed by atoms with van der Waals surface area (Å²) in [4.78, 5) is 35.9. The Hall–Kier alpha value is -2.67. The van der Waals surface area contributed by atoms with Crippen molar-refractivity contribution in [1.82, 2.24) is 9.88 Å². The molecule has 1 saturated heterocycles. The Morgan fingerprint density at radius 3 is 2.18 bits per heavy atom. The Bertz CT molecular complexity index is 1600. The molecule has 0 N–H and O–H groups in total. The Morgan fingerprint density at radius 2 is 1.65 bits per heavy atom. The van der Waals surface area contributed by atoms with E-state index in [1.54, 1.807) is 10.3 Å². The van der Waals surface area contributed by atoms with Gasteiger partial charge in [0, 0.05) is 29.7 Å². The number of rotatable bonds is 12. The summed E-state index contributed by atoms with van der Waals surface area (Å²) in [6.07, 6.45) is -1.64. The second kappa shape index (κ2) is 15.7. The van der Waals surface area contributed by atoms with Gasteiger partial charge in [0.05, 0.1) is 12.2 Å². The van der Waals surface area contributed by atoms with E-state index < -0.39 is 40.1 Å². The summed E-state index contributed by atoms with van der Waals surface area (Å²) in [5, 5.41) is 2.03. The van der Waals surface area contributed by atoms with Crippen LogP contribution < -0.4 is 9.64 Å². The number of thiazole rings is 1. The summed E-state index contributed by atoms with van der Waals surface area (Å²) < 4.78 is 55.1. The molecule has 51 heavy (non-hydrogen) atoms. The van der Waals surface area contributed by atoms with Crippen LogP contribution in [0.2, 0.25) is 34.8 Å². The van der Waals surface area contributed by atoms with E-state index in [4.69, 9.17) is 9.16 Å². The molecule has 1 aliphatic heterocycles. The number of anilines is 1. The number of halogens is 3. The quantitative estimate of drug-likeness (QED) is 0.122. The molecule has 0 spiro atoms. The number of nitrogens with zero attached hydrogens (tertiary/aromatic N) is 3. The van der Waals surface area contributed by atoms with Gasteiger partial charge in [0.25, 0.3) is 5.91 Å². The lowest BCUT2D eigenvalue weighted by Crippen LogP contribution is -2.49. The van der Waals surface area contributed by atoms with Crippen LogP contribution in [0.3, 0.4) is 0 Å². The van der Waals surface area contributed by atoms with Crippen LogP contribution in [-0.2, 0) is 15.4 Å². The Labute approximate surface area is 308 Å². The second-order valence-electron chi connectivity index (χ2n) is 16.5. The van der Waals surface area contributed by atoms with Gasteiger partial charge in [0.2, 0.25) is 5.91 Å². The zero-order valence-corrected chi connectivity index (χ0v) is 35.0. The molecule has 7 nitrogen and oxygen atoms in total. The van der Waals surface area contributed by atoms with Crippen molar-refractivity contribution in [3.05, 3.63) is 39.8 Å². The third-order valence-electron chi connectivity index (χ3n) is 11.4. The molecule has 1 aliphatic carbocycles. The first-order valence-corrected chi connectivity index (χ1v) is 24.2. The van der Waals surface area contributed by atoms with Crippen molar-refractivity contribution in [3.8, 4) is 17.2 Å². The highest BCUT2D eigenvalue weighted by Crippen LogP contribution is 2.42. The molecule has 1 saturated carbocycles. The molecule has 2 aliphatic rings. The van der Waals surface area contributed by atoms with E-state index in [1.165, 1.54) is 22.3 Å². The maximum absolute atomic E-state index is 14.4. The van der Waals surface area contributed by atoms with Gasteiger partial charge in [-0.25, -0.2) is 4.98 Å². The van der Waals surface area contributed by atoms with E-state index in [2.05, 4.69) is 91.9 Å². The predicted octanol–water partition coefficient (Wildman–Crippen LogP) is 9.93. The zero-order chi connectivity index (χ0) is 38.1. The summed E-state index contributed by atoms with van der Waals surface area (Å²) in [7, 11) is -4.19. The largest absolute Gasteiger partial charge is 0.491 e. The lowest BCUT2D eigenvalue weighted by Gasteiger charge is -2.37. The average molecular weight is 764 g/mol. The van der Waals surface area contributed by atoms with Crippen LogP contribution in [0.4, 0.5) is 18.9 Å². The molecular weight excluding hydrogens is 708 g/mol. The molecule has 0 bridgehead atoms. The number of benzene rings is 1. The van der Waals surface area contributed by atoms with Crippen LogP contribution >= 0.6 is 11.3 Å². The molecule has 4 rings (SSSR count). The standard InChI is InChI=1S/C38H56F3N3O4SSi2/c1-25(2)51(26(3)4,27(5)6)20-16-34-42-32(24-49-34)35(45)44(33-15-17-43(36(33)46)29-13-12-14-29)30-21-28(38(39,40)41)22-31(23-30)47-18-19-48-50(10,11)37(7,8)9/h21-27,29,33H,12-15,17-19H2,1-11H3. The number of carbonyl (C=O) groups excluding carboxylic acids is 2. The Morgan fingerprint density at radius 1 is 1.02 bits per heavy atom. The second-order valence-corrected chi connectivity index (χ2v) is 27.7. The number of hydrogen-bond donors (Lipinski definition) is 0. The van der Waals surface area contributed by atoms with Crippen molar-refractivity contribution >= 4 is 45.2 Å². The molecular formula is C38H56F3N3O4SSi2. The molecule has 1 aromatic carbocycles. The van der Waals surface area contributed by atoms with Crippen LogP contribution in [0, 0.1) is 11.5 Å². The topological polar surface area (TPSA) is 72.0 Å². The van der Waals surface area contributed by atoms with Gasteiger partial charge in [-0.1, -0.05) is 62.3 Å². The molecule has 13 heteroatoms. The average Bonchev–Trinajstić information content (AvgIpc) is 3.61. The number of hydrogen-bond acceptors (Lipinski definition) is 6. The summed E-state index contributed by atoms with van der Waals surface area (Å²) in [6, 6.07) is 2.39. The fraction of sp³-hybridized carbons (Fsp3) is 0.658. The molecule has 1 atom stereocenters. The first-order chi connectivity index (χ1) is 23.6. The summed E-state index contributed by atoms with van der Waals surface area (Å²) in [5.74, 6) is 2.33. The summed E-state index contributed by atoms with van der Waals surface area (Å²) >= 11 is 1.23. The van der Waals surface area contributed by atoms with Crippen molar-refractivity contribution in [2.24, 2.45) is 0 Å². The van der Waals surface area contributed by atoms with Crippen molar-refractivity contribution in [2.45, 2.75) is 141 Å². The van der Waals surface area contributed by atoms with E-state index in [9.17, 15) is 22.8 Å². The minimum Gasteiger partial charge on any atom is -0.491 e. The van der Waals surface area contributed by atoms with E-state index in [0.29, 0.717) is 34.6 Å². The number of alkyl halides is 3. The summed E-state index contributed by atoms with van der Waals surface area (Å²) in [6.45, 7) is 24.5. The molecule has 1 unspecified atom stereocenters. The van der Waals surface area contributed by atoms with Crippen LogP contribution in [0.1, 0.15) is 109 Å². The summed E-state index contributed by atoms with van der Waals surface area (Å²) in [5.41, 5.74) is 3.87. The van der Waals surface area contributed by atoms with Crippen molar-refractivity contribution in [1.29, 1.82) is 0 Å². The van der Waals surface area contributed by atoms with Gasteiger partial charge in [-0.05, 0) is 78.5 Å². The smallest absolute Gasteiger partial charge is 0.416 e. The number of carbonyl (C=O) groups is 2. The molecule has 2 heterocycles. The zero-order valence-electron chi connectivity index (χ0n) is 32.2. The Kier molecular flexibility index (Phi) is 12.7. The first kappa shape index (κ1) is 41.1. The number of ether oxygens (including phenoxy) is 1. The minimum absolute atomic E-state index is 0.0288. The molecule has 2 amide bonds. The number of likely N-dealkylation sites (tertiary alicyclic amines) is 1. The third-order valence-corrected chi connectivity index (χ3v) is 22.9. The van der Waals surface area contributed by atoms with Gasteiger partial charge in [-0.2, -0.15) is 13.2 Å². The lowest BCUT2D eigenvalue weighted by molar-refractivity contribution is -0.137. The van der Waals surface area contributed by atoms with Gasteiger partial charge in [0.1, 0.15) is 32.2 Å². The molecule has 282 valence electrons. The highest BCUT2D eigenvalue weighted by Gasteiger charge is 2.45. The van der Waals surface area contributed by atoms with Gasteiger partial charge in [0.15, 0.2) is 13.3 Å². The van der Waals surface area contributed by atoms with Crippen LogP contribution in [0.25, 0.3) is 0 Å². The number of aromatic nitrogens is 1. The normalized spacial score (nSPS) is 17.6. The van der Waals surface area contributed by atoms with E-state index >= 15 is 0 Å². The maximum Gasteiger partial charge on any atom is 0.416 e. The van der Waals surface area contributed by atoms with Gasteiger partial charge in [-0.3, -0.25) is 14.5 Å². The van der Waals surface area contributed by atoms with E-state index in [1.807, 2.05) is 0 Å². The van der Waals surface area contributed by atoms with Gasteiger partial charge in [-0.15, -0.1) is 16.9 Å². The van der Waals surface area contributed by atoms with Crippen LogP contribution in [0.15, 0.2) is 23.6 Å². The van der Waals surface area contributed by atoms with Crippen LogP contribution in [-0.4, -0.2) is 69.9 Å². The maximum atomic E-state index is 14.4. The van der Waals surface area contributed by atoms with E-state index in [0.717, 1.165) is 31.4 Å². The molecule has 0 radical (unpaired) electrons. The minimum atomic E-state index is -4.72. The fourth-order valence-electron chi connectivity index (χ4n) is 7.22. The fourth-order valence-corrected chi connectivity index (χ4v) is 14.2. The van der Waals surface area contributed by atoms with Crippen molar-refractivity contribution in [2.75, 3.05) is 24.7 Å². The van der Waals surface area contributed by atoms with E-state index in [-0.39, 0.29) is 47.3 Å². The first-order valence-electron chi connectivity index (χ1n) is 18.2. The Balaban J connectivity index is 1.73. The molecule has 1 aromatic heterocycles. The monoisotopic (exact) mass is 763 g/mol. The number of amides is 2. The highest BCUT2D eigenvalue weighted by atomic mass is 32.1.